The molecule has 0 bridgehead atoms. The molecule has 0 fully saturated rings. The number of fused-ring (bicyclic) bond motifs is 3. The van der Waals surface area contributed by atoms with Gasteiger partial charge in [0.1, 0.15) is 0 Å². The van der Waals surface area contributed by atoms with Gasteiger partial charge in [0.15, 0.2) is 4.96 Å². The molecular weight excluding hydrogens is 330 g/mol. The van der Waals surface area contributed by atoms with E-state index in [9.17, 15) is 4.79 Å². The van der Waals surface area contributed by atoms with E-state index in [-0.39, 0.29) is 5.56 Å². The Hall–Kier alpha value is -2.66. The van der Waals surface area contributed by atoms with E-state index in [1.165, 1.54) is 17.0 Å². The van der Waals surface area contributed by atoms with Crippen molar-refractivity contribution in [1.82, 2.24) is 9.38 Å². The van der Waals surface area contributed by atoms with Gasteiger partial charge in [-0.05, 0) is 49.8 Å². The number of rotatable bonds is 4. The maximum atomic E-state index is 12.8. The molecule has 4 nitrogen and oxygen atoms in total. The molecule has 4 rings (SSSR count). The van der Waals surface area contributed by atoms with E-state index in [1.54, 1.807) is 4.40 Å². The van der Waals surface area contributed by atoms with Crippen molar-refractivity contribution >= 4 is 39.1 Å². The fourth-order valence-electron chi connectivity index (χ4n) is 3.13. The van der Waals surface area contributed by atoms with E-state index >= 15 is 0 Å². The Kier molecular flexibility index (Phi) is 4.01. The number of para-hydroxylation sites is 2. The molecule has 0 atom stereocenters. The predicted octanol–water partition coefficient (Wildman–Crippen LogP) is 3.30. The monoisotopic (exact) mass is 349 g/mol. The Labute approximate surface area is 149 Å². The van der Waals surface area contributed by atoms with E-state index in [2.05, 4.69) is 48.0 Å². The Morgan fingerprint density at radius 1 is 1.08 bits per heavy atom. The van der Waals surface area contributed by atoms with Crippen molar-refractivity contribution in [2.75, 3.05) is 18.0 Å². The molecular formula is C20H19N3OS. The Bertz CT molecular complexity index is 1140. The minimum absolute atomic E-state index is 0.00141. The summed E-state index contributed by atoms with van der Waals surface area (Å²) in [6.07, 6.45) is 1.95. The SMILES string of the molecule is CCN(CC)c1ccc(/C=c2\sc3nc4ccccc4n3c2=O)cc1. The average molecular weight is 349 g/mol. The van der Waals surface area contributed by atoms with Crippen LogP contribution in [-0.2, 0) is 0 Å². The maximum Gasteiger partial charge on any atom is 0.274 e. The maximum absolute atomic E-state index is 12.8. The molecule has 0 N–H and O–H groups in total. The van der Waals surface area contributed by atoms with Crippen molar-refractivity contribution in [3.05, 3.63) is 69.0 Å². The summed E-state index contributed by atoms with van der Waals surface area (Å²) < 4.78 is 2.42. The highest BCUT2D eigenvalue weighted by atomic mass is 32.1. The van der Waals surface area contributed by atoms with Crippen LogP contribution in [0.5, 0.6) is 0 Å². The van der Waals surface area contributed by atoms with E-state index in [1.807, 2.05) is 30.3 Å². The van der Waals surface area contributed by atoms with Crippen LogP contribution in [0.15, 0.2) is 53.3 Å². The number of hydrogen-bond donors (Lipinski definition) is 0. The van der Waals surface area contributed by atoms with Crippen LogP contribution >= 0.6 is 11.3 Å². The first kappa shape index (κ1) is 15.8. The summed E-state index contributed by atoms with van der Waals surface area (Å²) in [6, 6.07) is 16.1. The normalized spacial score (nSPS) is 12.3. The van der Waals surface area contributed by atoms with Crippen molar-refractivity contribution in [2.24, 2.45) is 0 Å². The van der Waals surface area contributed by atoms with Gasteiger partial charge < -0.3 is 4.90 Å². The zero-order chi connectivity index (χ0) is 17.4. The quantitative estimate of drug-likeness (QED) is 0.567. The molecule has 0 aliphatic heterocycles. The van der Waals surface area contributed by atoms with Gasteiger partial charge in [-0.3, -0.25) is 4.79 Å². The molecule has 0 spiro atoms. The van der Waals surface area contributed by atoms with Gasteiger partial charge in [-0.15, -0.1) is 0 Å². The molecule has 0 aliphatic rings. The fourth-order valence-corrected chi connectivity index (χ4v) is 4.12. The van der Waals surface area contributed by atoms with Crippen molar-refractivity contribution in [2.45, 2.75) is 13.8 Å². The number of imidazole rings is 1. The fraction of sp³-hybridized carbons (Fsp3) is 0.200. The van der Waals surface area contributed by atoms with Crippen molar-refractivity contribution < 1.29 is 0 Å². The highest BCUT2D eigenvalue weighted by molar-refractivity contribution is 7.15. The lowest BCUT2D eigenvalue weighted by molar-refractivity contribution is 0.866. The van der Waals surface area contributed by atoms with Crippen molar-refractivity contribution in [1.29, 1.82) is 0 Å². The van der Waals surface area contributed by atoms with Crippen molar-refractivity contribution in [3.63, 3.8) is 0 Å². The van der Waals surface area contributed by atoms with E-state index in [0.29, 0.717) is 4.53 Å². The molecule has 126 valence electrons. The third kappa shape index (κ3) is 2.70. The number of nitrogens with zero attached hydrogens (tertiary/aromatic N) is 3. The second-order valence-electron chi connectivity index (χ2n) is 5.90. The number of thiazole rings is 1. The lowest BCUT2D eigenvalue weighted by Gasteiger charge is -2.20. The van der Waals surface area contributed by atoms with Gasteiger partial charge in [-0.25, -0.2) is 9.38 Å². The lowest BCUT2D eigenvalue weighted by atomic mass is 10.2. The number of aromatic nitrogens is 2. The zero-order valence-corrected chi connectivity index (χ0v) is 15.1. The lowest BCUT2D eigenvalue weighted by Crippen LogP contribution is -2.23. The van der Waals surface area contributed by atoms with Gasteiger partial charge in [0.05, 0.1) is 15.6 Å². The summed E-state index contributed by atoms with van der Waals surface area (Å²) in [7, 11) is 0. The van der Waals surface area contributed by atoms with Crippen LogP contribution in [0.4, 0.5) is 5.69 Å². The first-order valence-electron chi connectivity index (χ1n) is 8.48. The molecule has 0 unspecified atom stereocenters. The molecule has 25 heavy (non-hydrogen) atoms. The number of benzene rings is 2. The average Bonchev–Trinajstić information content (AvgIpc) is 3.14. The van der Waals surface area contributed by atoms with Crippen molar-refractivity contribution in [3.8, 4) is 0 Å². The Morgan fingerprint density at radius 2 is 1.80 bits per heavy atom. The molecule has 2 heterocycles. The topological polar surface area (TPSA) is 37.6 Å². The largest absolute Gasteiger partial charge is 0.372 e. The van der Waals surface area contributed by atoms with Crippen LogP contribution in [0.1, 0.15) is 19.4 Å². The highest BCUT2D eigenvalue weighted by Gasteiger charge is 2.10. The summed E-state index contributed by atoms with van der Waals surface area (Å²) in [5.74, 6) is 0. The molecule has 0 radical (unpaired) electrons. The smallest absolute Gasteiger partial charge is 0.274 e. The summed E-state index contributed by atoms with van der Waals surface area (Å²) in [5.41, 5.74) is 3.97. The summed E-state index contributed by atoms with van der Waals surface area (Å²) in [5, 5.41) is 0. The predicted molar refractivity (Wildman–Crippen MR) is 106 cm³/mol. The molecule has 5 heteroatoms. The van der Waals surface area contributed by atoms with E-state index in [0.717, 1.165) is 34.6 Å². The number of anilines is 1. The van der Waals surface area contributed by atoms with Crippen LogP contribution in [0.3, 0.4) is 0 Å². The Morgan fingerprint density at radius 3 is 2.52 bits per heavy atom. The third-order valence-electron chi connectivity index (χ3n) is 4.46. The van der Waals surface area contributed by atoms with Gasteiger partial charge in [0, 0.05) is 18.8 Å². The van der Waals surface area contributed by atoms with Crippen LogP contribution in [0.25, 0.3) is 22.1 Å². The minimum Gasteiger partial charge on any atom is -0.372 e. The standard InChI is InChI=1S/C20H19N3OS/c1-3-22(4-2)15-11-9-14(10-12-15)13-18-19(24)23-17-8-6-5-7-16(17)21-20(23)25-18/h5-13H,3-4H2,1-2H3/b18-13-. The summed E-state index contributed by atoms with van der Waals surface area (Å²) >= 11 is 1.44. The van der Waals surface area contributed by atoms with E-state index < -0.39 is 0 Å². The second-order valence-corrected chi connectivity index (χ2v) is 6.91. The Balaban J connectivity index is 1.79. The summed E-state index contributed by atoms with van der Waals surface area (Å²) in [4.78, 5) is 20.4. The number of hydrogen-bond acceptors (Lipinski definition) is 4. The first-order valence-corrected chi connectivity index (χ1v) is 9.29. The molecule has 2 aromatic heterocycles. The molecule has 0 aliphatic carbocycles. The molecule has 2 aromatic carbocycles. The van der Waals surface area contributed by atoms with Gasteiger partial charge in [0.2, 0.25) is 0 Å². The molecule has 4 aromatic rings. The zero-order valence-electron chi connectivity index (χ0n) is 14.3. The van der Waals surface area contributed by atoms with Gasteiger partial charge in [-0.2, -0.15) is 0 Å². The minimum atomic E-state index is 0.00141. The van der Waals surface area contributed by atoms with Gasteiger partial charge in [0.25, 0.3) is 5.56 Å². The third-order valence-corrected chi connectivity index (χ3v) is 5.43. The van der Waals surface area contributed by atoms with Crippen LogP contribution in [0, 0.1) is 0 Å². The first-order chi connectivity index (χ1) is 12.2. The van der Waals surface area contributed by atoms with Crippen LogP contribution in [-0.4, -0.2) is 22.5 Å². The van der Waals surface area contributed by atoms with Gasteiger partial charge in [-0.1, -0.05) is 35.6 Å². The van der Waals surface area contributed by atoms with Gasteiger partial charge >= 0.3 is 0 Å². The second kappa shape index (κ2) is 6.33. The van der Waals surface area contributed by atoms with Crippen LogP contribution < -0.4 is 15.0 Å². The van der Waals surface area contributed by atoms with Crippen LogP contribution in [0.2, 0.25) is 0 Å². The molecule has 0 saturated carbocycles. The molecule has 0 amide bonds. The van der Waals surface area contributed by atoms with E-state index in [4.69, 9.17) is 0 Å². The summed E-state index contributed by atoms with van der Waals surface area (Å²) in [6.45, 7) is 6.27. The highest BCUT2D eigenvalue weighted by Crippen LogP contribution is 2.17. The molecule has 0 saturated heterocycles.